The zero-order chi connectivity index (χ0) is 11.7. The number of nitrogens with zero attached hydrogens (tertiary/aromatic N) is 1. The molecule has 4 heteroatoms. The fourth-order valence-electron chi connectivity index (χ4n) is 3.08. The number of rotatable bonds is 2. The third kappa shape index (κ3) is 2.79. The minimum Gasteiger partial charge on any atom is -0.399 e. The van der Waals surface area contributed by atoms with Gasteiger partial charge in [-0.05, 0) is 37.1 Å². The molecule has 2 heterocycles. The summed E-state index contributed by atoms with van der Waals surface area (Å²) in [6, 6.07) is 8.22. The molecular formula is C14H21ClN2O. The fraction of sp³-hybridized carbons (Fsp3) is 0.571. The molecule has 0 bridgehead atoms. The van der Waals surface area contributed by atoms with E-state index in [4.69, 9.17) is 10.5 Å². The minimum absolute atomic E-state index is 0. The standard InChI is InChI=1S/C14H20N2O.ClH/c15-13-3-1-2-12(8-13)9-16-6-4-14(10-16)5-7-17-11-14;/h1-3,8H,4-7,9-11,15H2;1H. The Labute approximate surface area is 115 Å². The molecule has 1 aromatic rings. The van der Waals surface area contributed by atoms with Crippen LogP contribution in [-0.4, -0.2) is 31.2 Å². The monoisotopic (exact) mass is 268 g/mol. The van der Waals surface area contributed by atoms with Crippen molar-refractivity contribution in [3.63, 3.8) is 0 Å². The molecule has 1 aromatic carbocycles. The van der Waals surface area contributed by atoms with Crippen LogP contribution in [0.1, 0.15) is 18.4 Å². The Kier molecular flexibility index (Phi) is 4.15. The maximum absolute atomic E-state index is 5.81. The number of halogens is 1. The smallest absolute Gasteiger partial charge is 0.0536 e. The van der Waals surface area contributed by atoms with Gasteiger partial charge in [-0.3, -0.25) is 4.90 Å². The number of likely N-dealkylation sites (tertiary alicyclic amines) is 1. The van der Waals surface area contributed by atoms with Crippen LogP contribution in [0.25, 0.3) is 0 Å². The normalized spacial score (nSPS) is 27.6. The summed E-state index contributed by atoms with van der Waals surface area (Å²) in [6.07, 6.45) is 2.52. The summed E-state index contributed by atoms with van der Waals surface area (Å²) in [4.78, 5) is 2.53. The van der Waals surface area contributed by atoms with E-state index in [9.17, 15) is 0 Å². The van der Waals surface area contributed by atoms with Crippen LogP contribution in [0, 0.1) is 5.41 Å². The lowest BCUT2D eigenvalue weighted by Gasteiger charge is -2.22. The van der Waals surface area contributed by atoms with Crippen LogP contribution < -0.4 is 5.73 Å². The van der Waals surface area contributed by atoms with Gasteiger partial charge in [0.05, 0.1) is 6.61 Å². The fourth-order valence-corrected chi connectivity index (χ4v) is 3.08. The second-order valence-electron chi connectivity index (χ2n) is 5.51. The number of nitrogens with two attached hydrogens (primary N) is 1. The topological polar surface area (TPSA) is 38.5 Å². The lowest BCUT2D eigenvalue weighted by Crippen LogP contribution is -2.27. The van der Waals surface area contributed by atoms with Crippen molar-refractivity contribution in [3.8, 4) is 0 Å². The Hall–Kier alpha value is -0.770. The molecule has 0 saturated carbocycles. The van der Waals surface area contributed by atoms with Crippen LogP contribution >= 0.6 is 12.4 Å². The number of nitrogen functional groups attached to an aromatic ring is 1. The molecule has 0 aliphatic carbocycles. The second-order valence-corrected chi connectivity index (χ2v) is 5.51. The maximum atomic E-state index is 5.81. The third-order valence-corrected chi connectivity index (χ3v) is 4.06. The van der Waals surface area contributed by atoms with E-state index in [0.717, 1.165) is 25.4 Å². The van der Waals surface area contributed by atoms with Crippen molar-refractivity contribution in [1.82, 2.24) is 4.90 Å². The summed E-state index contributed by atoms with van der Waals surface area (Å²) >= 11 is 0. The van der Waals surface area contributed by atoms with Gasteiger partial charge in [-0.1, -0.05) is 12.1 Å². The van der Waals surface area contributed by atoms with Gasteiger partial charge < -0.3 is 10.5 Å². The molecule has 18 heavy (non-hydrogen) atoms. The van der Waals surface area contributed by atoms with Crippen LogP contribution in [0.5, 0.6) is 0 Å². The van der Waals surface area contributed by atoms with Gasteiger partial charge in [-0.25, -0.2) is 0 Å². The van der Waals surface area contributed by atoms with Crippen molar-refractivity contribution in [2.24, 2.45) is 5.41 Å². The van der Waals surface area contributed by atoms with Gasteiger partial charge in [-0.15, -0.1) is 12.4 Å². The van der Waals surface area contributed by atoms with Crippen molar-refractivity contribution in [1.29, 1.82) is 0 Å². The number of anilines is 1. The van der Waals surface area contributed by atoms with Crippen LogP contribution in [0.3, 0.4) is 0 Å². The quantitative estimate of drug-likeness (QED) is 0.837. The van der Waals surface area contributed by atoms with Crippen LogP contribution in [-0.2, 0) is 11.3 Å². The number of benzene rings is 1. The number of hydrogen-bond donors (Lipinski definition) is 1. The van der Waals surface area contributed by atoms with Gasteiger partial charge in [0.2, 0.25) is 0 Å². The van der Waals surface area contributed by atoms with E-state index in [1.807, 2.05) is 12.1 Å². The number of hydrogen-bond acceptors (Lipinski definition) is 3. The van der Waals surface area contributed by atoms with Gasteiger partial charge in [0.1, 0.15) is 0 Å². The van der Waals surface area contributed by atoms with Gasteiger partial charge in [-0.2, -0.15) is 0 Å². The molecule has 100 valence electrons. The van der Waals surface area contributed by atoms with Crippen molar-refractivity contribution in [2.45, 2.75) is 19.4 Å². The van der Waals surface area contributed by atoms with E-state index in [2.05, 4.69) is 17.0 Å². The van der Waals surface area contributed by atoms with E-state index < -0.39 is 0 Å². The van der Waals surface area contributed by atoms with E-state index in [0.29, 0.717) is 5.41 Å². The summed E-state index contributed by atoms with van der Waals surface area (Å²) in [5.41, 5.74) is 8.45. The molecule has 1 unspecified atom stereocenters. The molecule has 2 aliphatic heterocycles. The first-order valence-electron chi connectivity index (χ1n) is 6.40. The van der Waals surface area contributed by atoms with E-state index in [-0.39, 0.29) is 12.4 Å². The van der Waals surface area contributed by atoms with Crippen molar-refractivity contribution in [2.75, 3.05) is 32.0 Å². The third-order valence-electron chi connectivity index (χ3n) is 4.06. The molecule has 0 aromatic heterocycles. The molecule has 1 atom stereocenters. The molecule has 0 radical (unpaired) electrons. The molecule has 1 spiro atoms. The first kappa shape index (κ1) is 13.7. The van der Waals surface area contributed by atoms with Gasteiger partial charge in [0.25, 0.3) is 0 Å². The Morgan fingerprint density at radius 3 is 2.94 bits per heavy atom. The summed E-state index contributed by atoms with van der Waals surface area (Å²) in [6.45, 7) is 5.30. The SMILES string of the molecule is Cl.Nc1cccc(CN2CCC3(CCOC3)C2)c1. The predicted molar refractivity (Wildman–Crippen MR) is 75.9 cm³/mol. The van der Waals surface area contributed by atoms with Crippen LogP contribution in [0.15, 0.2) is 24.3 Å². The summed E-state index contributed by atoms with van der Waals surface area (Å²) < 4.78 is 5.55. The van der Waals surface area contributed by atoms with E-state index in [1.165, 1.54) is 31.5 Å². The van der Waals surface area contributed by atoms with Gasteiger partial charge in [0.15, 0.2) is 0 Å². The Morgan fingerprint density at radius 2 is 2.22 bits per heavy atom. The maximum Gasteiger partial charge on any atom is 0.0536 e. The summed E-state index contributed by atoms with van der Waals surface area (Å²) in [5, 5.41) is 0. The lowest BCUT2D eigenvalue weighted by molar-refractivity contribution is 0.151. The average molecular weight is 269 g/mol. The van der Waals surface area contributed by atoms with Crippen LogP contribution in [0.4, 0.5) is 5.69 Å². The van der Waals surface area contributed by atoms with E-state index in [1.54, 1.807) is 0 Å². The Bertz CT molecular complexity index is 405. The van der Waals surface area contributed by atoms with Crippen LogP contribution in [0.2, 0.25) is 0 Å². The first-order chi connectivity index (χ1) is 8.26. The highest BCUT2D eigenvalue weighted by Crippen LogP contribution is 2.38. The molecular weight excluding hydrogens is 248 g/mol. The largest absolute Gasteiger partial charge is 0.399 e. The molecule has 2 saturated heterocycles. The summed E-state index contributed by atoms with van der Waals surface area (Å²) in [5.74, 6) is 0. The molecule has 2 N–H and O–H groups in total. The predicted octanol–water partition coefficient (Wildman–Crippen LogP) is 2.30. The van der Waals surface area contributed by atoms with Gasteiger partial charge >= 0.3 is 0 Å². The average Bonchev–Trinajstić information content (AvgIpc) is 2.90. The summed E-state index contributed by atoms with van der Waals surface area (Å²) in [7, 11) is 0. The zero-order valence-electron chi connectivity index (χ0n) is 10.6. The molecule has 3 nitrogen and oxygen atoms in total. The number of ether oxygens (including phenoxy) is 1. The molecule has 3 rings (SSSR count). The molecule has 2 aliphatic rings. The van der Waals surface area contributed by atoms with Gasteiger partial charge in [0, 0.05) is 30.8 Å². The van der Waals surface area contributed by atoms with Crippen molar-refractivity contribution >= 4 is 18.1 Å². The molecule has 0 amide bonds. The minimum atomic E-state index is 0. The van der Waals surface area contributed by atoms with Crippen molar-refractivity contribution in [3.05, 3.63) is 29.8 Å². The zero-order valence-corrected chi connectivity index (χ0v) is 11.4. The first-order valence-corrected chi connectivity index (χ1v) is 6.40. The molecule has 2 fully saturated rings. The second kappa shape index (κ2) is 5.47. The Balaban J connectivity index is 0.00000120. The Morgan fingerprint density at radius 1 is 1.33 bits per heavy atom. The highest BCUT2D eigenvalue weighted by molar-refractivity contribution is 5.85. The van der Waals surface area contributed by atoms with E-state index >= 15 is 0 Å². The lowest BCUT2D eigenvalue weighted by atomic mass is 9.87. The highest BCUT2D eigenvalue weighted by Gasteiger charge is 2.40. The van der Waals surface area contributed by atoms with Crippen molar-refractivity contribution < 1.29 is 4.74 Å². The highest BCUT2D eigenvalue weighted by atomic mass is 35.5.